The van der Waals surface area contributed by atoms with E-state index in [4.69, 9.17) is 11.6 Å². The first-order chi connectivity index (χ1) is 8.63. The zero-order valence-corrected chi connectivity index (χ0v) is 11.6. The molecule has 5 heteroatoms. The standard InChI is InChI=1S/C13H18ClN3O/c1-9-6-4-3-5-7-17(9)13-11(8-18)12(14)15-10(2)16-13/h8-9H,3-7H2,1-2H3. The Morgan fingerprint density at radius 2 is 2.11 bits per heavy atom. The van der Waals surface area contributed by atoms with Crippen molar-refractivity contribution in [2.45, 2.75) is 45.6 Å². The molecule has 1 saturated heterocycles. The number of aryl methyl sites for hydroxylation is 1. The van der Waals surface area contributed by atoms with Gasteiger partial charge in [-0.2, -0.15) is 0 Å². The number of anilines is 1. The van der Waals surface area contributed by atoms with Crippen LogP contribution in [0.2, 0.25) is 5.15 Å². The van der Waals surface area contributed by atoms with Crippen molar-refractivity contribution in [1.29, 1.82) is 0 Å². The molecule has 1 aliphatic rings. The second kappa shape index (κ2) is 5.65. The van der Waals surface area contributed by atoms with E-state index >= 15 is 0 Å². The minimum Gasteiger partial charge on any atom is -0.353 e. The first-order valence-electron chi connectivity index (χ1n) is 6.39. The molecular weight excluding hydrogens is 250 g/mol. The van der Waals surface area contributed by atoms with E-state index in [1.165, 1.54) is 12.8 Å². The molecule has 1 unspecified atom stereocenters. The molecule has 2 heterocycles. The lowest BCUT2D eigenvalue weighted by Gasteiger charge is -2.29. The maximum Gasteiger partial charge on any atom is 0.156 e. The van der Waals surface area contributed by atoms with Crippen LogP contribution < -0.4 is 4.90 Å². The lowest BCUT2D eigenvalue weighted by atomic mass is 10.1. The number of hydrogen-bond acceptors (Lipinski definition) is 4. The fourth-order valence-corrected chi connectivity index (χ4v) is 2.69. The van der Waals surface area contributed by atoms with Crippen molar-refractivity contribution in [3.05, 3.63) is 16.5 Å². The maximum absolute atomic E-state index is 11.2. The van der Waals surface area contributed by atoms with Gasteiger partial charge < -0.3 is 4.90 Å². The topological polar surface area (TPSA) is 46.1 Å². The molecule has 1 fully saturated rings. The van der Waals surface area contributed by atoms with Crippen LogP contribution in [0, 0.1) is 6.92 Å². The number of aromatic nitrogens is 2. The fourth-order valence-electron chi connectivity index (χ4n) is 2.44. The highest BCUT2D eigenvalue weighted by atomic mass is 35.5. The molecule has 0 aromatic carbocycles. The Kier molecular flexibility index (Phi) is 4.17. The number of hydrogen-bond donors (Lipinski definition) is 0. The van der Waals surface area contributed by atoms with Crippen LogP contribution in [0.1, 0.15) is 48.8 Å². The van der Waals surface area contributed by atoms with E-state index in [0.29, 0.717) is 23.2 Å². The quantitative estimate of drug-likeness (QED) is 0.610. The maximum atomic E-state index is 11.2. The smallest absolute Gasteiger partial charge is 0.156 e. The Morgan fingerprint density at radius 1 is 1.33 bits per heavy atom. The summed E-state index contributed by atoms with van der Waals surface area (Å²) in [7, 11) is 0. The molecule has 1 aromatic heterocycles. The van der Waals surface area contributed by atoms with Gasteiger partial charge in [0.1, 0.15) is 16.8 Å². The Hall–Kier alpha value is -1.16. The third-order valence-electron chi connectivity index (χ3n) is 3.43. The minimum absolute atomic E-state index is 0.254. The van der Waals surface area contributed by atoms with E-state index in [9.17, 15) is 4.79 Å². The molecule has 1 aromatic rings. The minimum atomic E-state index is 0.254. The molecule has 18 heavy (non-hydrogen) atoms. The predicted octanol–water partition coefficient (Wildman–Crippen LogP) is 3.02. The Labute approximate surface area is 112 Å². The molecule has 0 aliphatic carbocycles. The van der Waals surface area contributed by atoms with Crippen LogP contribution in [0.25, 0.3) is 0 Å². The third kappa shape index (κ3) is 2.64. The number of carbonyl (C=O) groups is 1. The molecule has 1 atom stereocenters. The van der Waals surface area contributed by atoms with Gasteiger partial charge in [-0.3, -0.25) is 4.79 Å². The van der Waals surface area contributed by atoms with E-state index in [1.807, 2.05) is 0 Å². The van der Waals surface area contributed by atoms with Crippen LogP contribution in [-0.4, -0.2) is 28.8 Å². The van der Waals surface area contributed by atoms with Gasteiger partial charge in [-0.15, -0.1) is 0 Å². The van der Waals surface area contributed by atoms with Gasteiger partial charge in [-0.1, -0.05) is 24.4 Å². The lowest BCUT2D eigenvalue weighted by Crippen LogP contribution is -2.34. The average molecular weight is 268 g/mol. The van der Waals surface area contributed by atoms with E-state index in [2.05, 4.69) is 21.8 Å². The molecule has 0 saturated carbocycles. The summed E-state index contributed by atoms with van der Waals surface area (Å²) in [5.41, 5.74) is 0.413. The highest BCUT2D eigenvalue weighted by Crippen LogP contribution is 2.28. The number of aldehydes is 1. The molecule has 4 nitrogen and oxygen atoms in total. The molecule has 98 valence electrons. The Morgan fingerprint density at radius 3 is 2.83 bits per heavy atom. The number of nitrogens with zero attached hydrogens (tertiary/aromatic N) is 3. The molecule has 0 bridgehead atoms. The van der Waals surface area contributed by atoms with Gasteiger partial charge in [-0.05, 0) is 26.7 Å². The second-order valence-corrected chi connectivity index (χ2v) is 5.17. The van der Waals surface area contributed by atoms with E-state index in [1.54, 1.807) is 6.92 Å². The molecular formula is C13H18ClN3O. The van der Waals surface area contributed by atoms with Crippen molar-refractivity contribution in [3.8, 4) is 0 Å². The van der Waals surface area contributed by atoms with Crippen molar-refractivity contribution in [3.63, 3.8) is 0 Å². The van der Waals surface area contributed by atoms with Crippen LogP contribution in [-0.2, 0) is 0 Å². The van der Waals surface area contributed by atoms with Gasteiger partial charge in [-0.25, -0.2) is 9.97 Å². The van der Waals surface area contributed by atoms with Crippen LogP contribution in [0.4, 0.5) is 5.82 Å². The number of halogens is 1. The predicted molar refractivity (Wildman–Crippen MR) is 72.4 cm³/mol. The second-order valence-electron chi connectivity index (χ2n) is 4.81. The molecule has 2 rings (SSSR count). The van der Waals surface area contributed by atoms with E-state index in [0.717, 1.165) is 25.7 Å². The summed E-state index contributed by atoms with van der Waals surface area (Å²) >= 11 is 6.03. The van der Waals surface area contributed by atoms with Gasteiger partial charge in [0, 0.05) is 12.6 Å². The average Bonchev–Trinajstić information content (AvgIpc) is 2.53. The fraction of sp³-hybridized carbons (Fsp3) is 0.615. The largest absolute Gasteiger partial charge is 0.353 e. The molecule has 0 amide bonds. The van der Waals surface area contributed by atoms with Gasteiger partial charge in [0.15, 0.2) is 6.29 Å². The number of carbonyl (C=O) groups excluding carboxylic acids is 1. The zero-order valence-electron chi connectivity index (χ0n) is 10.8. The van der Waals surface area contributed by atoms with Crippen LogP contribution in [0.3, 0.4) is 0 Å². The Balaban J connectivity index is 2.44. The van der Waals surface area contributed by atoms with Gasteiger partial charge in [0.05, 0.1) is 5.56 Å². The van der Waals surface area contributed by atoms with Crippen molar-refractivity contribution >= 4 is 23.7 Å². The summed E-state index contributed by atoms with van der Waals surface area (Å²) in [4.78, 5) is 21.9. The summed E-state index contributed by atoms with van der Waals surface area (Å²) in [5.74, 6) is 1.30. The van der Waals surface area contributed by atoms with Crippen LogP contribution in [0.5, 0.6) is 0 Å². The van der Waals surface area contributed by atoms with Crippen molar-refractivity contribution < 1.29 is 4.79 Å². The normalized spacial score (nSPS) is 20.6. The summed E-state index contributed by atoms with van der Waals surface area (Å²) in [6.07, 6.45) is 5.47. The monoisotopic (exact) mass is 267 g/mol. The molecule has 0 spiro atoms. The van der Waals surface area contributed by atoms with E-state index < -0.39 is 0 Å². The molecule has 1 aliphatic heterocycles. The first-order valence-corrected chi connectivity index (χ1v) is 6.77. The first kappa shape index (κ1) is 13.3. The Bertz CT molecular complexity index is 450. The van der Waals surface area contributed by atoms with Crippen molar-refractivity contribution in [2.24, 2.45) is 0 Å². The van der Waals surface area contributed by atoms with Crippen molar-refractivity contribution in [1.82, 2.24) is 9.97 Å². The highest BCUT2D eigenvalue weighted by Gasteiger charge is 2.23. The summed E-state index contributed by atoms with van der Waals surface area (Å²) in [5, 5.41) is 0.254. The summed E-state index contributed by atoms with van der Waals surface area (Å²) in [6, 6.07) is 0.386. The van der Waals surface area contributed by atoms with Crippen molar-refractivity contribution in [2.75, 3.05) is 11.4 Å². The number of rotatable bonds is 2. The van der Waals surface area contributed by atoms with Gasteiger partial charge >= 0.3 is 0 Å². The third-order valence-corrected chi connectivity index (χ3v) is 3.72. The molecule has 0 N–H and O–H groups in total. The van der Waals surface area contributed by atoms with E-state index in [-0.39, 0.29) is 5.15 Å². The van der Waals surface area contributed by atoms with Gasteiger partial charge in [0.25, 0.3) is 0 Å². The highest BCUT2D eigenvalue weighted by molar-refractivity contribution is 6.32. The van der Waals surface area contributed by atoms with Crippen LogP contribution in [0.15, 0.2) is 0 Å². The van der Waals surface area contributed by atoms with Crippen LogP contribution >= 0.6 is 11.6 Å². The summed E-state index contributed by atoms with van der Waals surface area (Å²) < 4.78 is 0. The zero-order chi connectivity index (χ0) is 13.1. The van der Waals surface area contributed by atoms with Gasteiger partial charge in [0.2, 0.25) is 0 Å². The SMILES string of the molecule is Cc1nc(Cl)c(C=O)c(N2CCCCCC2C)n1. The molecule has 0 radical (unpaired) electrons. The lowest BCUT2D eigenvalue weighted by molar-refractivity contribution is 0.112. The summed E-state index contributed by atoms with van der Waals surface area (Å²) in [6.45, 7) is 4.90.